The first-order chi connectivity index (χ1) is 13.7. The largest absolute Gasteiger partial charge is 0.446 e. The van der Waals surface area contributed by atoms with Crippen LogP contribution in [0.5, 0.6) is 0 Å². The SMILES string of the molecule is CCCC[C@H]1C2CC(OC(=O)Nc3ccc(C#N)cc3)C(C2)[C@H]2CCCCN21. The Hall–Kier alpha value is -2.06. The van der Waals surface area contributed by atoms with Gasteiger partial charge in [-0.25, -0.2) is 4.79 Å². The van der Waals surface area contributed by atoms with E-state index in [9.17, 15) is 4.79 Å². The average Bonchev–Trinajstić information content (AvgIpc) is 3.07. The van der Waals surface area contributed by atoms with E-state index in [2.05, 4.69) is 23.2 Å². The smallest absolute Gasteiger partial charge is 0.411 e. The molecule has 3 unspecified atom stereocenters. The molecule has 0 spiro atoms. The quantitative estimate of drug-likeness (QED) is 0.785. The van der Waals surface area contributed by atoms with Crippen molar-refractivity contribution in [1.82, 2.24) is 4.90 Å². The Morgan fingerprint density at radius 1 is 1.29 bits per heavy atom. The van der Waals surface area contributed by atoms with E-state index in [-0.39, 0.29) is 12.2 Å². The molecule has 4 rings (SSSR count). The molecule has 1 aliphatic carbocycles. The van der Waals surface area contributed by atoms with E-state index >= 15 is 0 Å². The number of nitrogens with one attached hydrogen (secondary N) is 1. The van der Waals surface area contributed by atoms with Crippen molar-refractivity contribution in [2.75, 3.05) is 11.9 Å². The lowest BCUT2D eigenvalue weighted by Gasteiger charge is -2.49. The zero-order valence-electron chi connectivity index (χ0n) is 16.8. The Morgan fingerprint density at radius 2 is 2.11 bits per heavy atom. The zero-order chi connectivity index (χ0) is 19.5. The third-order valence-electron chi connectivity index (χ3n) is 7.02. The molecule has 1 saturated carbocycles. The van der Waals surface area contributed by atoms with Crippen LogP contribution in [0.2, 0.25) is 0 Å². The van der Waals surface area contributed by atoms with Gasteiger partial charge in [0, 0.05) is 23.7 Å². The van der Waals surface area contributed by atoms with Gasteiger partial charge in [-0.2, -0.15) is 5.26 Å². The van der Waals surface area contributed by atoms with Crippen LogP contribution in [0.1, 0.15) is 63.9 Å². The summed E-state index contributed by atoms with van der Waals surface area (Å²) >= 11 is 0. The summed E-state index contributed by atoms with van der Waals surface area (Å²) < 4.78 is 5.95. The molecule has 150 valence electrons. The van der Waals surface area contributed by atoms with Gasteiger partial charge in [-0.15, -0.1) is 0 Å². The van der Waals surface area contributed by atoms with Crippen LogP contribution in [0.25, 0.3) is 0 Å². The number of carbonyl (C=O) groups is 1. The Morgan fingerprint density at radius 3 is 2.86 bits per heavy atom. The maximum atomic E-state index is 12.5. The summed E-state index contributed by atoms with van der Waals surface area (Å²) in [5, 5.41) is 11.7. The first kappa shape index (κ1) is 19.3. The van der Waals surface area contributed by atoms with Gasteiger partial charge in [0.1, 0.15) is 6.10 Å². The molecule has 28 heavy (non-hydrogen) atoms. The van der Waals surface area contributed by atoms with Gasteiger partial charge in [0.15, 0.2) is 0 Å². The second-order valence-electron chi connectivity index (χ2n) is 8.66. The summed E-state index contributed by atoms with van der Waals surface area (Å²) in [6.45, 7) is 3.49. The van der Waals surface area contributed by atoms with Crippen molar-refractivity contribution in [2.45, 2.75) is 76.5 Å². The predicted molar refractivity (Wildman–Crippen MR) is 109 cm³/mol. The average molecular weight is 382 g/mol. The van der Waals surface area contributed by atoms with Crippen LogP contribution in [0, 0.1) is 23.2 Å². The maximum Gasteiger partial charge on any atom is 0.411 e. The number of unbranched alkanes of at least 4 members (excludes halogenated alkanes) is 1. The zero-order valence-corrected chi connectivity index (χ0v) is 16.8. The Bertz CT molecular complexity index is 726. The van der Waals surface area contributed by atoms with Crippen LogP contribution in [-0.4, -0.2) is 35.7 Å². The normalized spacial score (nSPS) is 31.6. The third-order valence-corrected chi connectivity index (χ3v) is 7.02. The van der Waals surface area contributed by atoms with Gasteiger partial charge in [-0.05, 0) is 68.8 Å². The fourth-order valence-corrected chi connectivity index (χ4v) is 5.78. The number of hydrogen-bond acceptors (Lipinski definition) is 4. The highest BCUT2D eigenvalue weighted by Crippen LogP contribution is 2.49. The molecule has 1 aromatic carbocycles. The van der Waals surface area contributed by atoms with E-state index < -0.39 is 0 Å². The molecule has 2 aliphatic heterocycles. The number of benzene rings is 1. The van der Waals surface area contributed by atoms with Crippen LogP contribution >= 0.6 is 0 Å². The molecule has 2 bridgehead atoms. The number of nitrogens with zero attached hydrogens (tertiary/aromatic N) is 2. The summed E-state index contributed by atoms with van der Waals surface area (Å²) in [6.07, 6.45) is 9.56. The fraction of sp³-hybridized carbons (Fsp3) is 0.652. The highest BCUT2D eigenvalue weighted by atomic mass is 16.6. The van der Waals surface area contributed by atoms with Crippen LogP contribution in [0.4, 0.5) is 10.5 Å². The van der Waals surface area contributed by atoms with E-state index in [1.54, 1.807) is 24.3 Å². The molecule has 2 saturated heterocycles. The summed E-state index contributed by atoms with van der Waals surface area (Å²) in [6, 6.07) is 10.3. The second-order valence-corrected chi connectivity index (χ2v) is 8.66. The molecule has 2 heterocycles. The highest BCUT2D eigenvalue weighted by molar-refractivity contribution is 5.84. The van der Waals surface area contributed by atoms with E-state index in [4.69, 9.17) is 10.00 Å². The molecule has 0 aromatic heterocycles. The maximum absolute atomic E-state index is 12.5. The monoisotopic (exact) mass is 381 g/mol. The molecular formula is C23H31N3O2. The van der Waals surface area contributed by atoms with Crippen molar-refractivity contribution >= 4 is 11.8 Å². The molecule has 1 amide bonds. The minimum Gasteiger partial charge on any atom is -0.446 e. The number of carbonyl (C=O) groups excluding carboxylic acids is 1. The highest BCUT2D eigenvalue weighted by Gasteiger charge is 2.52. The van der Waals surface area contributed by atoms with Gasteiger partial charge < -0.3 is 4.74 Å². The van der Waals surface area contributed by atoms with Crippen molar-refractivity contribution in [3.8, 4) is 6.07 Å². The molecule has 5 nitrogen and oxygen atoms in total. The fourth-order valence-electron chi connectivity index (χ4n) is 5.78. The van der Waals surface area contributed by atoms with Gasteiger partial charge >= 0.3 is 6.09 Å². The number of amides is 1. The first-order valence-corrected chi connectivity index (χ1v) is 10.9. The Kier molecular flexibility index (Phi) is 5.87. The second kappa shape index (κ2) is 8.53. The lowest BCUT2D eigenvalue weighted by atomic mass is 9.79. The summed E-state index contributed by atoms with van der Waals surface area (Å²) in [5.41, 5.74) is 1.25. The van der Waals surface area contributed by atoms with Crippen molar-refractivity contribution in [3.63, 3.8) is 0 Å². The van der Waals surface area contributed by atoms with Crippen LogP contribution in [0.3, 0.4) is 0 Å². The first-order valence-electron chi connectivity index (χ1n) is 10.9. The third kappa shape index (κ3) is 3.89. The number of fused-ring (bicyclic) bond motifs is 4. The number of ether oxygens (including phenoxy) is 1. The number of hydrogen-bond donors (Lipinski definition) is 1. The summed E-state index contributed by atoms with van der Waals surface area (Å²) in [5.74, 6) is 1.15. The van der Waals surface area contributed by atoms with Gasteiger partial charge in [0.2, 0.25) is 0 Å². The molecule has 0 radical (unpaired) electrons. The Balaban J connectivity index is 1.41. The van der Waals surface area contributed by atoms with E-state index in [1.165, 1.54) is 51.5 Å². The summed E-state index contributed by atoms with van der Waals surface area (Å²) in [4.78, 5) is 15.3. The molecule has 1 aromatic rings. The Labute approximate surface area is 168 Å². The van der Waals surface area contributed by atoms with Crippen molar-refractivity contribution in [2.24, 2.45) is 11.8 Å². The molecule has 3 aliphatic rings. The van der Waals surface area contributed by atoms with Gasteiger partial charge in [-0.3, -0.25) is 10.2 Å². The minimum atomic E-state index is -0.366. The van der Waals surface area contributed by atoms with E-state index in [0.29, 0.717) is 35.2 Å². The van der Waals surface area contributed by atoms with Crippen LogP contribution in [0.15, 0.2) is 24.3 Å². The predicted octanol–water partition coefficient (Wildman–Crippen LogP) is 4.93. The van der Waals surface area contributed by atoms with Gasteiger partial charge in [-0.1, -0.05) is 26.2 Å². The molecular weight excluding hydrogens is 350 g/mol. The number of anilines is 1. The van der Waals surface area contributed by atoms with E-state index in [1.807, 2.05) is 0 Å². The van der Waals surface area contributed by atoms with Crippen molar-refractivity contribution < 1.29 is 9.53 Å². The minimum absolute atomic E-state index is 0.0283. The van der Waals surface area contributed by atoms with Gasteiger partial charge in [0.25, 0.3) is 0 Å². The molecule has 1 N–H and O–H groups in total. The lowest BCUT2D eigenvalue weighted by Crippen LogP contribution is -2.55. The lowest BCUT2D eigenvalue weighted by molar-refractivity contribution is -0.0177. The van der Waals surface area contributed by atoms with Crippen LogP contribution < -0.4 is 5.32 Å². The summed E-state index contributed by atoms with van der Waals surface area (Å²) in [7, 11) is 0. The van der Waals surface area contributed by atoms with E-state index in [0.717, 1.165) is 6.42 Å². The molecule has 5 atom stereocenters. The standard InChI is InChI=1S/C23H31N3O2/c1-2-3-6-20-17-13-19(21-7-4-5-12-26(20)21)22(14-17)28-23(27)25-18-10-8-16(15-24)9-11-18/h8-11,17,19-22H,2-7,12-14H2,1H3,(H,25,27)/t17?,19?,20-,21+,22?/m0/s1. The number of rotatable bonds is 5. The molecule has 3 fully saturated rings. The van der Waals surface area contributed by atoms with Gasteiger partial charge in [0.05, 0.1) is 11.6 Å². The molecule has 5 heteroatoms. The topological polar surface area (TPSA) is 65.4 Å². The number of nitriles is 1. The van der Waals surface area contributed by atoms with Crippen molar-refractivity contribution in [1.29, 1.82) is 5.26 Å². The number of piperidine rings is 2. The van der Waals surface area contributed by atoms with Crippen LogP contribution in [-0.2, 0) is 4.74 Å². The van der Waals surface area contributed by atoms with Crippen molar-refractivity contribution in [3.05, 3.63) is 29.8 Å².